The number of benzene rings is 3. The van der Waals surface area contributed by atoms with Gasteiger partial charge >= 0.3 is 5.97 Å². The minimum Gasteiger partial charge on any atom is -0.480 e. The fourth-order valence-electron chi connectivity index (χ4n) is 3.52. The highest BCUT2D eigenvalue weighted by atomic mass is 32.2. The fourth-order valence-corrected chi connectivity index (χ4v) is 4.64. The molecule has 0 bridgehead atoms. The Hall–Kier alpha value is -2.56. The van der Waals surface area contributed by atoms with Gasteiger partial charge in [0.1, 0.15) is 5.54 Å². The van der Waals surface area contributed by atoms with Crippen LogP contribution in [0, 0.1) is 0 Å². The Morgan fingerprint density at radius 3 is 1.52 bits per heavy atom. The molecule has 4 heteroatoms. The molecular weight excluding hydrogens is 354 g/mol. The fraction of sp³-hybridized carbons (Fsp3) is 0.174. The molecule has 0 heterocycles. The number of thioether (sulfide) groups is 1. The largest absolute Gasteiger partial charge is 0.480 e. The van der Waals surface area contributed by atoms with E-state index in [1.165, 1.54) is 0 Å². The number of carboxylic acids is 1. The zero-order valence-electron chi connectivity index (χ0n) is 15.2. The lowest BCUT2D eigenvalue weighted by molar-refractivity contribution is -0.144. The van der Waals surface area contributed by atoms with E-state index in [4.69, 9.17) is 5.73 Å². The molecule has 0 aliphatic heterocycles. The van der Waals surface area contributed by atoms with Gasteiger partial charge in [-0.3, -0.25) is 0 Å². The number of carbonyl (C=O) groups is 1. The molecule has 3 rings (SSSR count). The van der Waals surface area contributed by atoms with Gasteiger partial charge in [0.25, 0.3) is 0 Å². The summed E-state index contributed by atoms with van der Waals surface area (Å²) in [4.78, 5) is 12.3. The standard InChI is InChI=1S/C23H23NO2S/c1-27-23(19-13-7-3-8-14-19,20-15-9-4-10-16-20)17-22(24,21(25)26)18-11-5-2-6-12-18/h2-16H,17,24H2,1H3,(H,25,26). The molecule has 0 aromatic heterocycles. The Balaban J connectivity index is 2.20. The van der Waals surface area contributed by atoms with Crippen LogP contribution in [0.4, 0.5) is 0 Å². The van der Waals surface area contributed by atoms with Crippen molar-refractivity contribution in [3.63, 3.8) is 0 Å². The summed E-state index contributed by atoms with van der Waals surface area (Å²) in [5.74, 6) is -1.03. The number of hydrogen-bond donors (Lipinski definition) is 2. The summed E-state index contributed by atoms with van der Waals surface area (Å²) < 4.78 is -0.592. The number of aliphatic carboxylic acids is 1. The molecule has 0 fully saturated rings. The van der Waals surface area contributed by atoms with E-state index in [0.29, 0.717) is 5.56 Å². The molecule has 1 atom stereocenters. The Labute approximate surface area is 164 Å². The normalized spacial score (nSPS) is 13.7. The number of hydrogen-bond acceptors (Lipinski definition) is 3. The molecule has 3 aromatic carbocycles. The molecule has 0 amide bonds. The van der Waals surface area contributed by atoms with Gasteiger partial charge in [-0.05, 0) is 22.9 Å². The maximum atomic E-state index is 12.3. The monoisotopic (exact) mass is 377 g/mol. The summed E-state index contributed by atoms with van der Waals surface area (Å²) in [6.07, 6.45) is 2.24. The maximum Gasteiger partial charge on any atom is 0.328 e. The second kappa shape index (κ2) is 7.99. The topological polar surface area (TPSA) is 63.3 Å². The highest BCUT2D eigenvalue weighted by Gasteiger charge is 2.46. The molecule has 138 valence electrons. The molecule has 0 aliphatic carbocycles. The van der Waals surface area contributed by atoms with Crippen LogP contribution in [0.1, 0.15) is 23.1 Å². The van der Waals surface area contributed by atoms with Crippen LogP contribution in [0.3, 0.4) is 0 Å². The van der Waals surface area contributed by atoms with Gasteiger partial charge in [-0.25, -0.2) is 4.79 Å². The second-order valence-corrected chi connectivity index (χ2v) is 7.69. The Bertz CT molecular complexity index is 845. The van der Waals surface area contributed by atoms with E-state index < -0.39 is 16.3 Å². The van der Waals surface area contributed by atoms with E-state index in [2.05, 4.69) is 0 Å². The van der Waals surface area contributed by atoms with Crippen molar-refractivity contribution in [2.75, 3.05) is 6.26 Å². The minimum atomic E-state index is -1.52. The minimum absolute atomic E-state index is 0.231. The second-order valence-electron chi connectivity index (χ2n) is 6.58. The van der Waals surface area contributed by atoms with Crippen LogP contribution in [0.2, 0.25) is 0 Å². The summed E-state index contributed by atoms with van der Waals surface area (Å²) in [7, 11) is 0. The zero-order chi connectivity index (χ0) is 19.3. The van der Waals surface area contributed by atoms with Crippen LogP contribution < -0.4 is 5.73 Å². The van der Waals surface area contributed by atoms with Crippen molar-refractivity contribution < 1.29 is 9.90 Å². The maximum absolute atomic E-state index is 12.3. The van der Waals surface area contributed by atoms with E-state index in [-0.39, 0.29) is 6.42 Å². The summed E-state index contributed by atoms with van der Waals surface area (Å²) in [6.45, 7) is 0. The average molecular weight is 378 g/mol. The predicted octanol–water partition coefficient (Wildman–Crippen LogP) is 4.62. The van der Waals surface area contributed by atoms with Crippen molar-refractivity contribution in [3.05, 3.63) is 108 Å². The number of nitrogens with two attached hydrogens (primary N) is 1. The van der Waals surface area contributed by atoms with E-state index in [0.717, 1.165) is 11.1 Å². The van der Waals surface area contributed by atoms with Crippen LogP contribution in [0.25, 0.3) is 0 Å². The third-order valence-corrected chi connectivity index (χ3v) is 6.34. The van der Waals surface area contributed by atoms with E-state index >= 15 is 0 Å². The van der Waals surface area contributed by atoms with Crippen LogP contribution in [-0.4, -0.2) is 17.3 Å². The molecule has 27 heavy (non-hydrogen) atoms. The lowest BCUT2D eigenvalue weighted by Gasteiger charge is -2.40. The first-order valence-electron chi connectivity index (χ1n) is 8.77. The summed E-state index contributed by atoms with van der Waals surface area (Å²) >= 11 is 1.62. The van der Waals surface area contributed by atoms with E-state index in [1.54, 1.807) is 23.9 Å². The van der Waals surface area contributed by atoms with Gasteiger partial charge < -0.3 is 10.8 Å². The first kappa shape index (κ1) is 19.2. The molecule has 1 unspecified atom stereocenters. The summed E-state index contributed by atoms with van der Waals surface area (Å²) in [5, 5.41) is 10.1. The van der Waals surface area contributed by atoms with Gasteiger partial charge in [0.15, 0.2) is 0 Å². The Morgan fingerprint density at radius 2 is 1.19 bits per heavy atom. The number of carboxylic acid groups (broad SMARTS) is 1. The van der Waals surface area contributed by atoms with Crippen LogP contribution in [-0.2, 0) is 15.1 Å². The van der Waals surface area contributed by atoms with Gasteiger partial charge in [0, 0.05) is 6.42 Å². The molecular formula is C23H23NO2S. The smallest absolute Gasteiger partial charge is 0.328 e. The van der Waals surface area contributed by atoms with E-state index in [1.807, 2.05) is 85.1 Å². The number of rotatable bonds is 7. The van der Waals surface area contributed by atoms with Crippen molar-refractivity contribution in [3.8, 4) is 0 Å². The molecule has 3 aromatic rings. The molecule has 0 saturated heterocycles. The van der Waals surface area contributed by atoms with Crippen LogP contribution >= 0.6 is 11.8 Å². The SMILES string of the molecule is CSC(CC(N)(C(=O)O)c1ccccc1)(c1ccccc1)c1ccccc1. The van der Waals surface area contributed by atoms with Gasteiger partial charge in [-0.15, -0.1) is 11.8 Å². The molecule has 3 nitrogen and oxygen atoms in total. The molecule has 0 saturated carbocycles. The first-order valence-corrected chi connectivity index (χ1v) is 9.99. The van der Waals surface area contributed by atoms with Crippen LogP contribution in [0.5, 0.6) is 0 Å². The quantitative estimate of drug-likeness (QED) is 0.630. The van der Waals surface area contributed by atoms with Crippen molar-refractivity contribution in [1.29, 1.82) is 0 Å². The zero-order valence-corrected chi connectivity index (χ0v) is 16.0. The van der Waals surface area contributed by atoms with Crippen molar-refractivity contribution >= 4 is 17.7 Å². The van der Waals surface area contributed by atoms with Gasteiger partial charge in [0.2, 0.25) is 0 Å². The van der Waals surface area contributed by atoms with Crippen molar-refractivity contribution in [2.24, 2.45) is 5.73 Å². The average Bonchev–Trinajstić information content (AvgIpc) is 2.73. The third kappa shape index (κ3) is 3.64. The van der Waals surface area contributed by atoms with Gasteiger partial charge in [-0.1, -0.05) is 91.0 Å². The third-order valence-electron chi connectivity index (χ3n) is 5.03. The molecule has 0 aliphatic rings. The van der Waals surface area contributed by atoms with Crippen LogP contribution in [0.15, 0.2) is 91.0 Å². The molecule has 3 N–H and O–H groups in total. The highest BCUT2D eigenvalue weighted by molar-refractivity contribution is 7.99. The predicted molar refractivity (Wildman–Crippen MR) is 112 cm³/mol. The van der Waals surface area contributed by atoms with Gasteiger partial charge in [-0.2, -0.15) is 0 Å². The summed E-state index contributed by atoms with van der Waals surface area (Å²) in [5.41, 5.74) is 7.74. The molecule has 0 spiro atoms. The Morgan fingerprint density at radius 1 is 0.815 bits per heavy atom. The van der Waals surface area contributed by atoms with Crippen molar-refractivity contribution in [1.82, 2.24) is 0 Å². The van der Waals surface area contributed by atoms with Crippen molar-refractivity contribution in [2.45, 2.75) is 16.7 Å². The summed E-state index contributed by atoms with van der Waals surface area (Å²) in [6, 6.07) is 29.1. The lowest BCUT2D eigenvalue weighted by atomic mass is 9.76. The van der Waals surface area contributed by atoms with E-state index in [9.17, 15) is 9.90 Å². The first-order chi connectivity index (χ1) is 13.0. The van der Waals surface area contributed by atoms with Gasteiger partial charge in [0.05, 0.1) is 4.75 Å². The Kier molecular flexibility index (Phi) is 5.68. The highest BCUT2D eigenvalue weighted by Crippen LogP contribution is 2.48. The lowest BCUT2D eigenvalue weighted by Crippen LogP contribution is -2.49. The molecule has 0 radical (unpaired) electrons.